The lowest BCUT2D eigenvalue weighted by molar-refractivity contribution is 0.0376. The van der Waals surface area contributed by atoms with Crippen LogP contribution in [0.25, 0.3) is 0 Å². The van der Waals surface area contributed by atoms with Gasteiger partial charge in [-0.25, -0.2) is 9.59 Å². The molecule has 0 unspecified atom stereocenters. The van der Waals surface area contributed by atoms with Crippen molar-refractivity contribution in [3.05, 3.63) is 59.7 Å². The number of benzene rings is 2. The number of carbonyl (C=O) groups excluding carboxylic acids is 2. The minimum absolute atomic E-state index is 0.0612. The number of hydrogen-bond donors (Lipinski definition) is 0. The smallest absolute Gasteiger partial charge is 0.343 e. The lowest BCUT2D eigenvalue weighted by Gasteiger charge is -2.11. The van der Waals surface area contributed by atoms with Crippen LogP contribution >= 0.6 is 0 Å². The Morgan fingerprint density at radius 1 is 0.760 bits per heavy atom. The monoisotopic (exact) mass is 342 g/mol. The average molecular weight is 342 g/mol. The van der Waals surface area contributed by atoms with Crippen molar-refractivity contribution in [2.75, 3.05) is 0 Å². The van der Waals surface area contributed by atoms with E-state index in [1.165, 1.54) is 6.07 Å². The Bertz CT molecular complexity index is 732. The number of hydrogen-bond acceptors (Lipinski definition) is 5. The molecule has 0 heterocycles. The van der Waals surface area contributed by atoms with E-state index in [2.05, 4.69) is 0 Å². The molecule has 0 spiro atoms. The predicted octanol–water partition coefficient (Wildman–Crippen LogP) is 4.26. The number of ether oxygens (including phenoxy) is 3. The third-order valence-electron chi connectivity index (χ3n) is 3.08. The molecule has 132 valence electrons. The molecule has 0 bridgehead atoms. The molecule has 25 heavy (non-hydrogen) atoms. The molecule has 5 nitrogen and oxygen atoms in total. The fraction of sp³-hybridized carbons (Fsp3) is 0.300. The van der Waals surface area contributed by atoms with E-state index < -0.39 is 11.9 Å². The minimum atomic E-state index is -0.509. The largest absolute Gasteiger partial charge is 0.491 e. The average Bonchev–Trinajstić information content (AvgIpc) is 2.54. The summed E-state index contributed by atoms with van der Waals surface area (Å²) in [6.45, 7) is 7.40. The van der Waals surface area contributed by atoms with E-state index in [0.29, 0.717) is 16.9 Å². The van der Waals surface area contributed by atoms with E-state index in [1.807, 2.05) is 13.8 Å². The zero-order valence-corrected chi connectivity index (χ0v) is 14.8. The van der Waals surface area contributed by atoms with Gasteiger partial charge in [-0.1, -0.05) is 6.07 Å². The van der Waals surface area contributed by atoms with Gasteiger partial charge >= 0.3 is 11.9 Å². The second-order valence-electron chi connectivity index (χ2n) is 6.06. The van der Waals surface area contributed by atoms with Gasteiger partial charge in [-0.3, -0.25) is 0 Å². The van der Waals surface area contributed by atoms with Crippen molar-refractivity contribution in [2.24, 2.45) is 0 Å². The highest BCUT2D eigenvalue weighted by Crippen LogP contribution is 2.18. The Balaban J connectivity index is 2.06. The van der Waals surface area contributed by atoms with Crippen molar-refractivity contribution >= 4 is 11.9 Å². The van der Waals surface area contributed by atoms with Crippen LogP contribution in [0.3, 0.4) is 0 Å². The molecule has 0 aliphatic carbocycles. The maximum absolute atomic E-state index is 12.2. The van der Waals surface area contributed by atoms with Gasteiger partial charge in [0.15, 0.2) is 0 Å². The molecule has 2 rings (SSSR count). The van der Waals surface area contributed by atoms with E-state index >= 15 is 0 Å². The lowest BCUT2D eigenvalue weighted by atomic mass is 10.2. The quantitative estimate of drug-likeness (QED) is 0.580. The van der Waals surface area contributed by atoms with Gasteiger partial charge < -0.3 is 14.2 Å². The molecule has 0 radical (unpaired) electrons. The normalized spacial score (nSPS) is 10.6. The van der Waals surface area contributed by atoms with Crippen molar-refractivity contribution in [3.8, 4) is 11.5 Å². The second kappa shape index (κ2) is 8.33. The Labute approximate surface area is 147 Å². The van der Waals surface area contributed by atoms with Crippen LogP contribution in [0, 0.1) is 0 Å². The van der Waals surface area contributed by atoms with Gasteiger partial charge in [0.25, 0.3) is 0 Å². The molecule has 0 amide bonds. The minimum Gasteiger partial charge on any atom is -0.491 e. The van der Waals surface area contributed by atoms with E-state index in [1.54, 1.807) is 56.3 Å². The zero-order chi connectivity index (χ0) is 18.4. The van der Waals surface area contributed by atoms with Crippen LogP contribution in [0.1, 0.15) is 48.4 Å². The van der Waals surface area contributed by atoms with E-state index in [-0.39, 0.29) is 18.0 Å². The fourth-order valence-corrected chi connectivity index (χ4v) is 2.08. The fourth-order valence-electron chi connectivity index (χ4n) is 2.08. The molecule has 0 aromatic heterocycles. The Hall–Kier alpha value is -2.82. The van der Waals surface area contributed by atoms with Gasteiger partial charge in [0.05, 0.1) is 23.3 Å². The van der Waals surface area contributed by atoms with Crippen molar-refractivity contribution in [3.63, 3.8) is 0 Å². The zero-order valence-electron chi connectivity index (χ0n) is 14.8. The molecule has 0 fully saturated rings. The van der Waals surface area contributed by atoms with Gasteiger partial charge in [0, 0.05) is 0 Å². The first-order chi connectivity index (χ1) is 11.8. The molecule has 0 saturated carbocycles. The molecule has 5 heteroatoms. The Morgan fingerprint density at radius 3 is 2.04 bits per heavy atom. The summed E-state index contributed by atoms with van der Waals surface area (Å²) >= 11 is 0. The first-order valence-electron chi connectivity index (χ1n) is 8.15. The van der Waals surface area contributed by atoms with Crippen LogP contribution in [0.15, 0.2) is 48.5 Å². The van der Waals surface area contributed by atoms with Crippen molar-refractivity contribution in [1.29, 1.82) is 0 Å². The van der Waals surface area contributed by atoms with Crippen LogP contribution in [-0.2, 0) is 4.74 Å². The Morgan fingerprint density at radius 2 is 1.44 bits per heavy atom. The predicted molar refractivity (Wildman–Crippen MR) is 94.2 cm³/mol. The Kier molecular flexibility index (Phi) is 6.17. The SMILES string of the molecule is CC(C)OC(=O)c1cccc(OC(=O)c2ccc(OC(C)C)cc2)c1. The van der Waals surface area contributed by atoms with Gasteiger partial charge in [0.1, 0.15) is 11.5 Å². The molecule has 0 saturated heterocycles. The number of rotatable bonds is 6. The van der Waals surface area contributed by atoms with Crippen LogP contribution in [0.2, 0.25) is 0 Å². The highest BCUT2D eigenvalue weighted by Gasteiger charge is 2.13. The highest BCUT2D eigenvalue weighted by molar-refractivity contribution is 5.92. The van der Waals surface area contributed by atoms with Gasteiger partial charge in [0.2, 0.25) is 0 Å². The van der Waals surface area contributed by atoms with Crippen molar-refractivity contribution in [2.45, 2.75) is 39.9 Å². The summed E-state index contributed by atoms with van der Waals surface area (Å²) in [6.07, 6.45) is -0.156. The van der Waals surface area contributed by atoms with Crippen LogP contribution in [0.5, 0.6) is 11.5 Å². The van der Waals surface area contributed by atoms with E-state index in [9.17, 15) is 9.59 Å². The van der Waals surface area contributed by atoms with Crippen LogP contribution in [-0.4, -0.2) is 24.1 Å². The first kappa shape index (κ1) is 18.5. The lowest BCUT2D eigenvalue weighted by Crippen LogP contribution is -2.12. The topological polar surface area (TPSA) is 61.8 Å². The molecular weight excluding hydrogens is 320 g/mol. The van der Waals surface area contributed by atoms with E-state index in [0.717, 1.165) is 0 Å². The first-order valence-corrected chi connectivity index (χ1v) is 8.15. The van der Waals surface area contributed by atoms with Crippen molar-refractivity contribution < 1.29 is 23.8 Å². The molecular formula is C20H22O5. The molecule has 2 aromatic rings. The molecule has 0 aliphatic rings. The van der Waals surface area contributed by atoms with Gasteiger partial charge in [-0.05, 0) is 70.2 Å². The summed E-state index contributed by atoms with van der Waals surface area (Å²) in [6, 6.07) is 13.0. The molecule has 2 aromatic carbocycles. The second-order valence-corrected chi connectivity index (χ2v) is 6.06. The summed E-state index contributed by atoms with van der Waals surface area (Å²) < 4.78 is 16.0. The number of esters is 2. The summed E-state index contributed by atoms with van der Waals surface area (Å²) in [7, 11) is 0. The summed E-state index contributed by atoms with van der Waals surface area (Å²) in [5.41, 5.74) is 0.728. The van der Waals surface area contributed by atoms with Crippen LogP contribution < -0.4 is 9.47 Å². The van der Waals surface area contributed by atoms with Crippen molar-refractivity contribution in [1.82, 2.24) is 0 Å². The maximum Gasteiger partial charge on any atom is 0.343 e. The molecule has 0 aliphatic heterocycles. The van der Waals surface area contributed by atoms with Gasteiger partial charge in [-0.15, -0.1) is 0 Å². The standard InChI is InChI=1S/C20H22O5/c1-13(2)23-17-10-8-15(9-11-17)19(21)25-18-7-5-6-16(12-18)20(22)24-14(3)4/h5-14H,1-4H3. The third-order valence-corrected chi connectivity index (χ3v) is 3.08. The summed E-state index contributed by atoms with van der Waals surface area (Å²) in [5, 5.41) is 0. The summed E-state index contributed by atoms with van der Waals surface area (Å²) in [5.74, 6) is 0.00394. The molecule has 0 atom stereocenters. The summed E-state index contributed by atoms with van der Waals surface area (Å²) in [4.78, 5) is 24.1. The third kappa shape index (κ3) is 5.64. The number of carbonyl (C=O) groups is 2. The highest BCUT2D eigenvalue weighted by atomic mass is 16.5. The van der Waals surface area contributed by atoms with Gasteiger partial charge in [-0.2, -0.15) is 0 Å². The molecule has 0 N–H and O–H groups in total. The van der Waals surface area contributed by atoms with E-state index in [4.69, 9.17) is 14.2 Å². The maximum atomic E-state index is 12.2. The van der Waals surface area contributed by atoms with Crippen LogP contribution in [0.4, 0.5) is 0 Å².